The molecule has 0 saturated carbocycles. The maximum Gasteiger partial charge on any atom is 0.241 e. The molecular formula is C23H31N3O2. The number of benzene rings is 2. The number of nitrogens with one attached hydrogen (secondary N) is 1. The minimum absolute atomic E-state index is 0.0134. The summed E-state index contributed by atoms with van der Waals surface area (Å²) in [4.78, 5) is 17.1. The van der Waals surface area contributed by atoms with Crippen LogP contribution in [0.3, 0.4) is 0 Å². The zero-order chi connectivity index (χ0) is 20.3. The SMILES string of the molecule is CC(C(=O)Nc1ccc(C(C)(C)C)cc1)N1CCN(c2ccccc2O)CC1. The van der Waals surface area contributed by atoms with E-state index in [2.05, 4.69) is 48.0 Å². The van der Waals surface area contributed by atoms with Crippen LogP contribution in [0.5, 0.6) is 5.75 Å². The standard InChI is InChI=1S/C23H31N3O2/c1-17(22(28)24-19-11-9-18(10-12-19)23(2,3)4)25-13-15-26(16-14-25)20-7-5-6-8-21(20)27/h5-12,17,27H,13-16H2,1-4H3,(H,24,28). The van der Waals surface area contributed by atoms with Crippen molar-refractivity contribution < 1.29 is 9.90 Å². The van der Waals surface area contributed by atoms with Crippen LogP contribution in [-0.4, -0.2) is 48.1 Å². The number of phenols is 1. The van der Waals surface area contributed by atoms with E-state index in [1.54, 1.807) is 6.07 Å². The van der Waals surface area contributed by atoms with E-state index < -0.39 is 0 Å². The van der Waals surface area contributed by atoms with Crippen LogP contribution in [0.25, 0.3) is 0 Å². The van der Waals surface area contributed by atoms with Gasteiger partial charge < -0.3 is 15.3 Å². The molecule has 1 heterocycles. The fourth-order valence-corrected chi connectivity index (χ4v) is 3.55. The number of rotatable bonds is 4. The number of para-hydroxylation sites is 2. The van der Waals surface area contributed by atoms with E-state index in [0.717, 1.165) is 37.6 Å². The van der Waals surface area contributed by atoms with Gasteiger partial charge >= 0.3 is 0 Å². The number of hydrogen-bond donors (Lipinski definition) is 2. The van der Waals surface area contributed by atoms with Gasteiger partial charge in [-0.05, 0) is 42.2 Å². The molecule has 0 aromatic heterocycles. The number of nitrogens with zero attached hydrogens (tertiary/aromatic N) is 2. The average Bonchev–Trinajstić information content (AvgIpc) is 2.67. The zero-order valence-electron chi connectivity index (χ0n) is 17.3. The van der Waals surface area contributed by atoms with Crippen molar-refractivity contribution in [1.29, 1.82) is 0 Å². The zero-order valence-corrected chi connectivity index (χ0v) is 17.3. The molecule has 5 heteroatoms. The van der Waals surface area contributed by atoms with Crippen LogP contribution in [0, 0.1) is 0 Å². The number of carbonyl (C=O) groups is 1. The molecule has 1 amide bonds. The van der Waals surface area contributed by atoms with Crippen LogP contribution in [0.1, 0.15) is 33.3 Å². The van der Waals surface area contributed by atoms with E-state index in [9.17, 15) is 9.90 Å². The van der Waals surface area contributed by atoms with E-state index >= 15 is 0 Å². The molecule has 1 atom stereocenters. The molecule has 2 N–H and O–H groups in total. The van der Waals surface area contributed by atoms with Gasteiger partial charge in [0.25, 0.3) is 0 Å². The van der Waals surface area contributed by atoms with Crippen LogP contribution in [0.15, 0.2) is 48.5 Å². The van der Waals surface area contributed by atoms with Crippen LogP contribution >= 0.6 is 0 Å². The summed E-state index contributed by atoms with van der Waals surface area (Å²) >= 11 is 0. The number of piperazine rings is 1. The lowest BCUT2D eigenvalue weighted by atomic mass is 9.87. The van der Waals surface area contributed by atoms with E-state index in [1.165, 1.54) is 5.56 Å². The molecule has 28 heavy (non-hydrogen) atoms. The molecule has 5 nitrogen and oxygen atoms in total. The lowest BCUT2D eigenvalue weighted by Crippen LogP contribution is -2.52. The van der Waals surface area contributed by atoms with Gasteiger partial charge in [-0.3, -0.25) is 9.69 Å². The molecular weight excluding hydrogens is 350 g/mol. The number of hydrogen-bond acceptors (Lipinski definition) is 4. The number of carbonyl (C=O) groups excluding carboxylic acids is 1. The van der Waals surface area contributed by atoms with Crippen molar-refractivity contribution >= 4 is 17.3 Å². The van der Waals surface area contributed by atoms with Gasteiger partial charge in [-0.15, -0.1) is 0 Å². The molecule has 3 rings (SSSR count). The third-order valence-corrected chi connectivity index (χ3v) is 5.48. The summed E-state index contributed by atoms with van der Waals surface area (Å²) in [6, 6.07) is 15.3. The largest absolute Gasteiger partial charge is 0.506 e. The van der Waals surface area contributed by atoms with E-state index in [1.807, 2.05) is 37.3 Å². The fraction of sp³-hybridized carbons (Fsp3) is 0.435. The van der Waals surface area contributed by atoms with Crippen molar-refractivity contribution in [2.75, 3.05) is 36.4 Å². The topological polar surface area (TPSA) is 55.8 Å². The van der Waals surface area contributed by atoms with Crippen LogP contribution in [0.2, 0.25) is 0 Å². The van der Waals surface area contributed by atoms with Crippen LogP contribution in [-0.2, 0) is 10.2 Å². The second kappa shape index (κ2) is 8.23. The summed E-state index contributed by atoms with van der Waals surface area (Å²) in [5, 5.41) is 13.1. The Labute approximate surface area is 168 Å². The molecule has 2 aromatic rings. The Bertz CT molecular complexity index is 803. The molecule has 1 saturated heterocycles. The normalized spacial score (nSPS) is 16.6. The Morgan fingerprint density at radius 1 is 1.00 bits per heavy atom. The van der Waals surface area contributed by atoms with E-state index in [-0.39, 0.29) is 17.4 Å². The monoisotopic (exact) mass is 381 g/mol. The van der Waals surface area contributed by atoms with Crippen molar-refractivity contribution in [2.45, 2.75) is 39.2 Å². The lowest BCUT2D eigenvalue weighted by molar-refractivity contribution is -0.120. The minimum atomic E-state index is -0.200. The van der Waals surface area contributed by atoms with Gasteiger partial charge in [-0.25, -0.2) is 0 Å². The predicted octanol–water partition coefficient (Wildman–Crippen LogP) is 3.84. The number of aromatic hydroxyl groups is 1. The molecule has 1 aliphatic heterocycles. The molecule has 0 aliphatic carbocycles. The summed E-state index contributed by atoms with van der Waals surface area (Å²) in [5.41, 5.74) is 3.04. The van der Waals surface area contributed by atoms with E-state index in [4.69, 9.17) is 0 Å². The first kappa shape index (κ1) is 20.2. The van der Waals surface area contributed by atoms with Gasteiger partial charge in [-0.1, -0.05) is 45.0 Å². The number of anilines is 2. The molecule has 0 radical (unpaired) electrons. The quantitative estimate of drug-likeness (QED) is 0.845. The summed E-state index contributed by atoms with van der Waals surface area (Å²) in [6.45, 7) is 11.6. The van der Waals surface area contributed by atoms with Gasteiger partial charge in [0.05, 0.1) is 11.7 Å². The Hall–Kier alpha value is -2.53. The van der Waals surface area contributed by atoms with Crippen molar-refractivity contribution in [3.05, 3.63) is 54.1 Å². The Morgan fingerprint density at radius 3 is 2.18 bits per heavy atom. The first-order chi connectivity index (χ1) is 13.3. The first-order valence-corrected chi connectivity index (χ1v) is 9.94. The van der Waals surface area contributed by atoms with E-state index in [0.29, 0.717) is 5.75 Å². The first-order valence-electron chi connectivity index (χ1n) is 9.94. The molecule has 1 aliphatic rings. The molecule has 150 valence electrons. The molecule has 0 bridgehead atoms. The van der Waals surface area contributed by atoms with Crippen LogP contribution in [0.4, 0.5) is 11.4 Å². The van der Waals surface area contributed by atoms with Gasteiger partial charge in [0.2, 0.25) is 5.91 Å². The predicted molar refractivity (Wildman–Crippen MR) is 115 cm³/mol. The fourth-order valence-electron chi connectivity index (χ4n) is 3.55. The molecule has 2 aromatic carbocycles. The highest BCUT2D eigenvalue weighted by Gasteiger charge is 2.26. The third-order valence-electron chi connectivity index (χ3n) is 5.48. The summed E-state index contributed by atoms with van der Waals surface area (Å²) in [5.74, 6) is 0.319. The van der Waals surface area contributed by atoms with Crippen molar-refractivity contribution in [3.8, 4) is 5.75 Å². The lowest BCUT2D eigenvalue weighted by Gasteiger charge is -2.38. The highest BCUT2D eigenvalue weighted by Crippen LogP contribution is 2.27. The maximum atomic E-state index is 12.7. The van der Waals surface area contributed by atoms with Gasteiger partial charge in [0.1, 0.15) is 5.75 Å². The second-order valence-corrected chi connectivity index (χ2v) is 8.50. The van der Waals surface area contributed by atoms with Gasteiger partial charge in [0, 0.05) is 31.9 Å². The van der Waals surface area contributed by atoms with Crippen LogP contribution < -0.4 is 10.2 Å². The van der Waals surface area contributed by atoms with Crippen molar-refractivity contribution in [3.63, 3.8) is 0 Å². The van der Waals surface area contributed by atoms with Crippen molar-refractivity contribution in [1.82, 2.24) is 4.90 Å². The third kappa shape index (κ3) is 4.65. The number of phenolic OH excluding ortho intramolecular Hbond substituents is 1. The van der Waals surface area contributed by atoms with Gasteiger partial charge in [0.15, 0.2) is 0 Å². The highest BCUT2D eigenvalue weighted by molar-refractivity contribution is 5.94. The summed E-state index contributed by atoms with van der Waals surface area (Å²) in [6.07, 6.45) is 0. The summed E-state index contributed by atoms with van der Waals surface area (Å²) in [7, 11) is 0. The summed E-state index contributed by atoms with van der Waals surface area (Å²) < 4.78 is 0. The minimum Gasteiger partial charge on any atom is -0.506 e. The Balaban J connectivity index is 1.55. The molecule has 1 unspecified atom stereocenters. The average molecular weight is 382 g/mol. The maximum absolute atomic E-state index is 12.7. The second-order valence-electron chi connectivity index (χ2n) is 8.50. The molecule has 1 fully saturated rings. The Morgan fingerprint density at radius 2 is 1.61 bits per heavy atom. The number of amides is 1. The van der Waals surface area contributed by atoms with Crippen molar-refractivity contribution in [2.24, 2.45) is 0 Å². The molecule has 0 spiro atoms. The highest BCUT2D eigenvalue weighted by atomic mass is 16.3. The Kier molecular flexibility index (Phi) is 5.94. The smallest absolute Gasteiger partial charge is 0.241 e. The van der Waals surface area contributed by atoms with Gasteiger partial charge in [-0.2, -0.15) is 0 Å².